The molecular weight excluding hydrogens is 892 g/mol. The molecule has 6 aromatic rings. The lowest BCUT2D eigenvalue weighted by Gasteiger charge is -2.35. The monoisotopic (exact) mass is 948 g/mol. The van der Waals surface area contributed by atoms with E-state index >= 15 is 0 Å². The largest absolute Gasteiger partial charge is 0.493 e. The van der Waals surface area contributed by atoms with Crippen molar-refractivity contribution in [1.29, 1.82) is 0 Å². The number of nitrogens with zero attached hydrogens (tertiary/aromatic N) is 3. The van der Waals surface area contributed by atoms with Crippen molar-refractivity contribution in [3.8, 4) is 55.6 Å². The number of aryl methyl sites for hydroxylation is 2. The van der Waals surface area contributed by atoms with Gasteiger partial charge in [0.15, 0.2) is 17.2 Å². The number of nitrogens with one attached hydrogen (secondary N) is 3. The number of hydrogen-bond acceptors (Lipinski definition) is 9. The number of alkyl halides is 1. The van der Waals surface area contributed by atoms with Crippen LogP contribution in [0.5, 0.6) is 11.5 Å². The predicted molar refractivity (Wildman–Crippen MR) is 267 cm³/mol. The molecule has 4 amide bonds. The minimum absolute atomic E-state index is 0.116. The molecule has 4 aromatic carbocycles. The van der Waals surface area contributed by atoms with E-state index in [1.807, 2.05) is 124 Å². The van der Waals surface area contributed by atoms with E-state index in [0.717, 1.165) is 72.2 Å². The number of likely N-dealkylation sites (tertiary alicyclic amines) is 1. The molecule has 2 aliphatic heterocycles. The van der Waals surface area contributed by atoms with Crippen molar-refractivity contribution in [3.63, 3.8) is 0 Å². The number of rotatable bonds is 15. The third-order valence-electron chi connectivity index (χ3n) is 13.3. The van der Waals surface area contributed by atoms with Crippen molar-refractivity contribution in [3.05, 3.63) is 125 Å². The average molecular weight is 949 g/mol. The van der Waals surface area contributed by atoms with Gasteiger partial charge in [-0.25, -0.2) is 14.4 Å². The van der Waals surface area contributed by atoms with Crippen LogP contribution in [0.4, 0.5) is 10.1 Å². The molecule has 2 aromatic heterocycles. The lowest BCUT2D eigenvalue weighted by Crippen LogP contribution is -2.58. The highest BCUT2D eigenvalue weighted by molar-refractivity contribution is 7.13. The Bertz CT molecular complexity index is 2930. The number of carbonyl (C=O) groups excluding carboxylic acids is 4. The minimum atomic E-state index is -1.92. The lowest BCUT2D eigenvalue weighted by atomic mass is 9.85. The molecule has 69 heavy (non-hydrogen) atoms. The molecule has 1 saturated heterocycles. The highest BCUT2D eigenvalue weighted by Crippen LogP contribution is 2.43. The van der Waals surface area contributed by atoms with Crippen molar-refractivity contribution in [1.82, 2.24) is 25.5 Å². The van der Waals surface area contributed by atoms with Gasteiger partial charge in [-0.2, -0.15) is 0 Å². The van der Waals surface area contributed by atoms with Crippen LogP contribution < -0.4 is 25.4 Å². The predicted octanol–water partition coefficient (Wildman–Crippen LogP) is 9.67. The van der Waals surface area contributed by atoms with Gasteiger partial charge in [0, 0.05) is 24.2 Å². The second kappa shape index (κ2) is 19.6. The number of para-hydroxylation sites is 1. The van der Waals surface area contributed by atoms with Crippen LogP contribution in [-0.4, -0.2) is 76.5 Å². The molecule has 14 heteroatoms. The molecule has 3 N–H and O–H groups in total. The fourth-order valence-electron chi connectivity index (χ4n) is 9.31. The number of fused-ring (bicyclic) bond motifs is 3. The molecular formula is C55H57FN6O6S. The summed E-state index contributed by atoms with van der Waals surface area (Å²) < 4.78 is 27.0. The zero-order valence-electron chi connectivity index (χ0n) is 39.6. The minimum Gasteiger partial charge on any atom is -0.493 e. The first-order valence-electron chi connectivity index (χ1n) is 23.6. The van der Waals surface area contributed by atoms with E-state index in [1.54, 1.807) is 23.3 Å². The van der Waals surface area contributed by atoms with Crippen molar-refractivity contribution >= 4 is 40.7 Å². The van der Waals surface area contributed by atoms with Gasteiger partial charge in [-0.1, -0.05) is 87.5 Å². The van der Waals surface area contributed by atoms with E-state index in [1.165, 1.54) is 0 Å². The van der Waals surface area contributed by atoms with Crippen molar-refractivity contribution in [2.24, 2.45) is 5.41 Å². The van der Waals surface area contributed by atoms with Gasteiger partial charge in [0.05, 0.1) is 53.3 Å². The maximum Gasteiger partial charge on any atom is 0.258 e. The van der Waals surface area contributed by atoms with Gasteiger partial charge >= 0.3 is 0 Å². The van der Waals surface area contributed by atoms with Crippen molar-refractivity contribution in [2.45, 2.75) is 96.9 Å². The highest BCUT2D eigenvalue weighted by Gasteiger charge is 2.53. The summed E-state index contributed by atoms with van der Waals surface area (Å²) in [5.41, 5.74) is 9.80. The molecule has 3 aliphatic rings. The van der Waals surface area contributed by atoms with Crippen LogP contribution in [0.15, 0.2) is 103 Å². The van der Waals surface area contributed by atoms with E-state index in [9.17, 15) is 23.6 Å². The summed E-state index contributed by atoms with van der Waals surface area (Å²) >= 11 is 1.57. The van der Waals surface area contributed by atoms with Crippen LogP contribution >= 0.6 is 11.3 Å². The molecule has 1 aliphatic carbocycles. The topological polar surface area (TPSA) is 152 Å². The van der Waals surface area contributed by atoms with E-state index in [2.05, 4.69) is 27.0 Å². The first kappa shape index (κ1) is 47.1. The van der Waals surface area contributed by atoms with Gasteiger partial charge in [-0.05, 0) is 115 Å². The fourth-order valence-corrected chi connectivity index (χ4v) is 10.1. The van der Waals surface area contributed by atoms with Gasteiger partial charge < -0.3 is 30.3 Å². The maximum atomic E-state index is 14.7. The molecule has 1 saturated carbocycles. The van der Waals surface area contributed by atoms with Crippen molar-refractivity contribution < 1.29 is 33.0 Å². The molecule has 2 atom stereocenters. The summed E-state index contributed by atoms with van der Waals surface area (Å²) in [7, 11) is 1.61. The van der Waals surface area contributed by atoms with Crippen LogP contribution in [0.1, 0.15) is 75.3 Å². The third-order valence-corrected chi connectivity index (χ3v) is 14.3. The summed E-state index contributed by atoms with van der Waals surface area (Å²) in [5, 5.41) is 8.86. The molecule has 0 radical (unpaired) electrons. The number of ether oxygens (including phenoxy) is 2. The number of thiazole rings is 1. The van der Waals surface area contributed by atoms with E-state index < -0.39 is 29.1 Å². The number of amides is 4. The van der Waals surface area contributed by atoms with Gasteiger partial charge in [0.25, 0.3) is 5.91 Å². The smallest absolute Gasteiger partial charge is 0.258 e. The molecule has 9 rings (SSSR count). The van der Waals surface area contributed by atoms with Crippen LogP contribution in [0.25, 0.3) is 44.1 Å². The maximum absolute atomic E-state index is 14.7. The molecule has 0 spiro atoms. The first-order valence-corrected chi connectivity index (χ1v) is 24.5. The van der Waals surface area contributed by atoms with Crippen LogP contribution in [0.3, 0.4) is 0 Å². The quantitative estimate of drug-likeness (QED) is 0.0862. The Kier molecular flexibility index (Phi) is 13.4. The highest BCUT2D eigenvalue weighted by atomic mass is 32.1. The number of benzene rings is 4. The molecule has 2 unspecified atom stereocenters. The third kappa shape index (κ3) is 10.1. The van der Waals surface area contributed by atoms with Crippen LogP contribution in [0.2, 0.25) is 0 Å². The summed E-state index contributed by atoms with van der Waals surface area (Å²) in [6.45, 7) is 8.46. The second-order valence-electron chi connectivity index (χ2n) is 19.2. The average Bonchev–Trinajstić information content (AvgIpc) is 3.71. The van der Waals surface area contributed by atoms with Gasteiger partial charge in [0.2, 0.25) is 17.7 Å². The Morgan fingerprint density at radius 1 is 0.928 bits per heavy atom. The van der Waals surface area contributed by atoms with Crippen LogP contribution in [-0.2, 0) is 38.6 Å². The normalized spacial score (nSPS) is 16.3. The number of anilines is 1. The Morgan fingerprint density at radius 2 is 1.70 bits per heavy atom. The summed E-state index contributed by atoms with van der Waals surface area (Å²) in [4.78, 5) is 66.2. The number of aromatic nitrogens is 2. The van der Waals surface area contributed by atoms with Gasteiger partial charge in [-0.15, -0.1) is 11.3 Å². The molecule has 4 heterocycles. The lowest BCUT2D eigenvalue weighted by molar-refractivity contribution is -0.144. The van der Waals surface area contributed by atoms with E-state index in [4.69, 9.17) is 14.5 Å². The Hall–Kier alpha value is -6.93. The summed E-state index contributed by atoms with van der Waals surface area (Å²) in [6.07, 6.45) is 2.85. The van der Waals surface area contributed by atoms with E-state index in [-0.39, 0.29) is 43.5 Å². The fraction of sp³-hybridized carbons (Fsp3) is 0.345. The summed E-state index contributed by atoms with van der Waals surface area (Å²) in [5.74, 6) is -0.403. The zero-order valence-corrected chi connectivity index (χ0v) is 40.4. The zero-order chi connectivity index (χ0) is 48.5. The number of hydrogen-bond donors (Lipinski definition) is 3. The Balaban J connectivity index is 0.913. The summed E-state index contributed by atoms with van der Waals surface area (Å²) in [6, 6.07) is 30.2. The van der Waals surface area contributed by atoms with Crippen molar-refractivity contribution in [2.75, 3.05) is 25.6 Å². The standard InChI is InChI=1S/C55H57FN6O6S/c1-33-49(69-32-58-33)37-19-20-38(31-57-51(64)44-18-11-25-62(44)52(65)50(54(2,3)4)61-53(66)55(56)23-24-55)35(27-37)15-12-26-68-45-22-21-36(28-46(45)67-5)40-29-43(34-13-7-6-8-14-34)60-48-39-16-9-10-17-42(39)59-47(63)30-41(40)48/h6-10,13-14,16-17,19-22,27-29,32,44,50H,11-12,15,18,23-26,30-31H2,1-5H3,(H,57,64)(H,59,63)(H,61,66). The first-order chi connectivity index (χ1) is 33.2. The van der Waals surface area contributed by atoms with Gasteiger partial charge in [0.1, 0.15) is 12.1 Å². The SMILES string of the molecule is COc1cc(-c2cc(-c3ccccc3)nc3c2CC(=O)Nc2ccccc2-3)ccc1OCCCc1cc(-c2scnc2C)ccc1CNC(=O)C1CCCN1C(=O)C(NC(=O)C1(F)CC1)C(C)(C)C. The number of methoxy groups -OCH3 is 1. The molecule has 356 valence electrons. The number of carbonyl (C=O) groups is 4. The molecule has 12 nitrogen and oxygen atoms in total. The van der Waals surface area contributed by atoms with E-state index in [0.29, 0.717) is 50.3 Å². The van der Waals surface area contributed by atoms with Gasteiger partial charge in [-0.3, -0.25) is 19.2 Å². The second-order valence-corrected chi connectivity index (χ2v) is 20.1. The number of halogens is 1. The van der Waals surface area contributed by atoms with Crippen LogP contribution in [0, 0.1) is 12.3 Å². The Morgan fingerprint density at radius 3 is 2.43 bits per heavy atom. The molecule has 0 bridgehead atoms. The molecule has 2 fully saturated rings. The number of pyridine rings is 1. The Labute approximate surface area is 406 Å².